The van der Waals surface area contributed by atoms with Crippen LogP contribution >= 0.6 is 11.3 Å². The van der Waals surface area contributed by atoms with Crippen molar-refractivity contribution in [3.05, 3.63) is 57.5 Å². The summed E-state index contributed by atoms with van der Waals surface area (Å²) < 4.78 is 13.2. The van der Waals surface area contributed by atoms with Crippen molar-refractivity contribution in [1.82, 2.24) is 9.80 Å². The zero-order valence-corrected chi connectivity index (χ0v) is 14.0. The summed E-state index contributed by atoms with van der Waals surface area (Å²) in [4.78, 5) is 16.7. The average Bonchev–Trinajstić information content (AvgIpc) is 2.95. The molecule has 22 heavy (non-hydrogen) atoms. The van der Waals surface area contributed by atoms with Crippen molar-refractivity contribution in [3.63, 3.8) is 0 Å². The summed E-state index contributed by atoms with van der Waals surface area (Å²) in [5.74, 6) is -0.364. The molecule has 5 heteroatoms. The van der Waals surface area contributed by atoms with E-state index in [-0.39, 0.29) is 11.7 Å². The predicted molar refractivity (Wildman–Crippen MR) is 88.8 cm³/mol. The van der Waals surface area contributed by atoms with Crippen LogP contribution < -0.4 is 0 Å². The number of rotatable bonds is 6. The SMILES string of the molecule is Cc1cc(F)ccc1C(=O)N(CCN(C)C)Cc1ccsc1. The van der Waals surface area contributed by atoms with Gasteiger partial charge in [-0.1, -0.05) is 0 Å². The van der Waals surface area contributed by atoms with Crippen molar-refractivity contribution in [2.45, 2.75) is 13.5 Å². The van der Waals surface area contributed by atoms with Crippen LogP contribution in [0, 0.1) is 12.7 Å². The molecule has 0 unspecified atom stereocenters. The third-order valence-corrected chi connectivity index (χ3v) is 4.21. The second kappa shape index (κ2) is 7.51. The smallest absolute Gasteiger partial charge is 0.254 e. The first-order chi connectivity index (χ1) is 10.5. The summed E-state index contributed by atoms with van der Waals surface area (Å²) in [6, 6.07) is 6.35. The molecule has 2 aromatic rings. The number of aryl methyl sites for hydroxylation is 1. The fourth-order valence-corrected chi connectivity index (χ4v) is 2.87. The fourth-order valence-electron chi connectivity index (χ4n) is 2.21. The predicted octanol–water partition coefficient (Wildman–Crippen LogP) is 3.40. The first-order valence-electron chi connectivity index (χ1n) is 7.18. The number of amides is 1. The molecule has 0 fully saturated rings. The van der Waals surface area contributed by atoms with Crippen molar-refractivity contribution >= 4 is 17.2 Å². The van der Waals surface area contributed by atoms with Crippen molar-refractivity contribution in [1.29, 1.82) is 0 Å². The van der Waals surface area contributed by atoms with Gasteiger partial charge in [-0.25, -0.2) is 4.39 Å². The van der Waals surface area contributed by atoms with Crippen molar-refractivity contribution in [3.8, 4) is 0 Å². The minimum Gasteiger partial charge on any atom is -0.333 e. The molecule has 1 amide bonds. The largest absolute Gasteiger partial charge is 0.333 e. The summed E-state index contributed by atoms with van der Waals surface area (Å²) >= 11 is 1.62. The van der Waals surface area contributed by atoms with Gasteiger partial charge in [0.25, 0.3) is 5.91 Å². The molecule has 118 valence electrons. The minimum absolute atomic E-state index is 0.0504. The van der Waals surface area contributed by atoms with Crippen molar-refractivity contribution < 1.29 is 9.18 Å². The van der Waals surface area contributed by atoms with Crippen LogP contribution in [0.3, 0.4) is 0 Å². The van der Waals surface area contributed by atoms with Crippen LogP contribution in [0.4, 0.5) is 4.39 Å². The molecule has 0 aliphatic heterocycles. The van der Waals surface area contributed by atoms with E-state index in [1.165, 1.54) is 12.1 Å². The van der Waals surface area contributed by atoms with Gasteiger partial charge in [-0.05, 0) is 67.2 Å². The Bertz CT molecular complexity index is 626. The van der Waals surface area contributed by atoms with E-state index in [2.05, 4.69) is 0 Å². The maximum Gasteiger partial charge on any atom is 0.254 e. The lowest BCUT2D eigenvalue weighted by molar-refractivity contribution is 0.0731. The molecular formula is C17H21FN2OS. The van der Waals surface area contributed by atoms with E-state index in [4.69, 9.17) is 0 Å². The van der Waals surface area contributed by atoms with E-state index in [0.29, 0.717) is 24.2 Å². The summed E-state index contributed by atoms with van der Waals surface area (Å²) in [7, 11) is 3.97. The van der Waals surface area contributed by atoms with Crippen LogP contribution in [0.5, 0.6) is 0 Å². The van der Waals surface area contributed by atoms with Gasteiger partial charge in [0.15, 0.2) is 0 Å². The molecular weight excluding hydrogens is 299 g/mol. The first-order valence-corrected chi connectivity index (χ1v) is 8.13. The van der Waals surface area contributed by atoms with Crippen LogP contribution in [0.2, 0.25) is 0 Å². The molecule has 0 bridgehead atoms. The number of halogens is 1. The maximum absolute atomic E-state index is 13.2. The number of hydrogen-bond donors (Lipinski definition) is 0. The van der Waals surface area contributed by atoms with Crippen LogP contribution in [-0.2, 0) is 6.54 Å². The van der Waals surface area contributed by atoms with Gasteiger partial charge in [0.2, 0.25) is 0 Å². The van der Waals surface area contributed by atoms with Gasteiger partial charge in [0.1, 0.15) is 5.82 Å². The van der Waals surface area contributed by atoms with E-state index in [0.717, 1.165) is 12.1 Å². The van der Waals surface area contributed by atoms with Gasteiger partial charge in [-0.15, -0.1) is 0 Å². The van der Waals surface area contributed by atoms with Crippen molar-refractivity contribution in [2.75, 3.05) is 27.2 Å². The Kier molecular flexibility index (Phi) is 5.69. The van der Waals surface area contributed by atoms with Gasteiger partial charge in [-0.3, -0.25) is 4.79 Å². The molecule has 0 saturated carbocycles. The third-order valence-electron chi connectivity index (χ3n) is 3.48. The zero-order chi connectivity index (χ0) is 16.1. The number of hydrogen-bond acceptors (Lipinski definition) is 3. The lowest BCUT2D eigenvalue weighted by Crippen LogP contribution is -2.36. The topological polar surface area (TPSA) is 23.6 Å². The fraction of sp³-hybridized carbons (Fsp3) is 0.353. The molecule has 0 spiro atoms. The number of nitrogens with zero attached hydrogens (tertiary/aromatic N) is 2. The summed E-state index contributed by atoms with van der Waals surface area (Å²) in [5, 5.41) is 4.06. The Morgan fingerprint density at radius 3 is 2.59 bits per heavy atom. The molecule has 0 aliphatic rings. The average molecular weight is 320 g/mol. The minimum atomic E-state index is -0.313. The highest BCUT2D eigenvalue weighted by Crippen LogP contribution is 2.16. The zero-order valence-electron chi connectivity index (χ0n) is 13.2. The van der Waals surface area contributed by atoms with Crippen LogP contribution in [-0.4, -0.2) is 42.9 Å². The highest BCUT2D eigenvalue weighted by Gasteiger charge is 2.18. The highest BCUT2D eigenvalue weighted by molar-refractivity contribution is 7.07. The molecule has 1 heterocycles. The van der Waals surface area contributed by atoms with E-state index >= 15 is 0 Å². The molecule has 0 N–H and O–H groups in total. The normalized spacial score (nSPS) is 11.0. The Balaban J connectivity index is 2.20. The van der Waals surface area contributed by atoms with Gasteiger partial charge < -0.3 is 9.80 Å². The third kappa shape index (κ3) is 4.39. The second-order valence-electron chi connectivity index (χ2n) is 5.62. The Hall–Kier alpha value is -1.72. The Morgan fingerprint density at radius 1 is 1.23 bits per heavy atom. The molecule has 0 aliphatic carbocycles. The molecule has 2 rings (SSSR count). The van der Waals surface area contributed by atoms with E-state index < -0.39 is 0 Å². The molecule has 0 atom stereocenters. The standard InChI is InChI=1S/C17H21FN2OS/c1-13-10-15(18)4-5-16(13)17(21)20(8-7-19(2)3)11-14-6-9-22-12-14/h4-6,9-10,12H,7-8,11H2,1-3H3. The highest BCUT2D eigenvalue weighted by atomic mass is 32.1. The van der Waals surface area contributed by atoms with Gasteiger partial charge in [0, 0.05) is 25.2 Å². The van der Waals surface area contributed by atoms with Crippen LogP contribution in [0.25, 0.3) is 0 Å². The van der Waals surface area contributed by atoms with E-state index in [1.807, 2.05) is 40.7 Å². The molecule has 1 aromatic heterocycles. The number of carbonyl (C=O) groups is 1. The number of benzene rings is 1. The van der Waals surface area contributed by atoms with E-state index in [1.54, 1.807) is 24.3 Å². The van der Waals surface area contributed by atoms with Crippen LogP contribution in [0.1, 0.15) is 21.5 Å². The number of carbonyl (C=O) groups excluding carboxylic acids is 1. The molecule has 1 aromatic carbocycles. The van der Waals surface area contributed by atoms with Gasteiger partial charge >= 0.3 is 0 Å². The summed E-state index contributed by atoms with van der Waals surface area (Å²) in [5.41, 5.74) is 2.36. The monoisotopic (exact) mass is 320 g/mol. The molecule has 0 saturated heterocycles. The molecule has 3 nitrogen and oxygen atoms in total. The number of thiophene rings is 1. The quantitative estimate of drug-likeness (QED) is 0.814. The van der Waals surface area contributed by atoms with E-state index in [9.17, 15) is 9.18 Å². The Labute approximate surface area is 135 Å². The second-order valence-corrected chi connectivity index (χ2v) is 6.40. The first kappa shape index (κ1) is 16.6. The summed E-state index contributed by atoms with van der Waals surface area (Å²) in [6.07, 6.45) is 0. The maximum atomic E-state index is 13.2. The van der Waals surface area contributed by atoms with Crippen LogP contribution in [0.15, 0.2) is 35.0 Å². The summed E-state index contributed by atoms with van der Waals surface area (Å²) in [6.45, 7) is 3.77. The number of likely N-dealkylation sites (N-methyl/N-ethyl adjacent to an activating group) is 1. The Morgan fingerprint density at radius 2 is 2.00 bits per heavy atom. The lowest BCUT2D eigenvalue weighted by Gasteiger charge is -2.25. The molecule has 0 radical (unpaired) electrons. The van der Waals surface area contributed by atoms with Crippen molar-refractivity contribution in [2.24, 2.45) is 0 Å². The lowest BCUT2D eigenvalue weighted by atomic mass is 10.1. The van der Waals surface area contributed by atoms with Gasteiger partial charge in [-0.2, -0.15) is 11.3 Å². The van der Waals surface area contributed by atoms with Gasteiger partial charge in [0.05, 0.1) is 0 Å².